The first-order chi connectivity index (χ1) is 69.4. The maximum absolute atomic E-state index is 6.44. The van der Waals surface area contributed by atoms with Crippen molar-refractivity contribution in [3.8, 4) is 134 Å². The molecule has 2 aromatic heterocycles. The summed E-state index contributed by atoms with van der Waals surface area (Å²) in [5.41, 5.74) is 49.4. The van der Waals surface area contributed by atoms with Crippen molar-refractivity contribution in [2.45, 2.75) is 58.8 Å². The number of benzene rings is 22. The van der Waals surface area contributed by atoms with E-state index in [9.17, 15) is 0 Å². The normalized spacial score (nSPS) is 13.1. The van der Waals surface area contributed by atoms with E-state index in [0.717, 1.165) is 94.7 Å². The van der Waals surface area contributed by atoms with Gasteiger partial charge < -0.3 is 18.6 Å². The molecule has 680 valence electrons. The highest BCUT2D eigenvalue weighted by molar-refractivity contribution is 6.11. The second-order valence-corrected chi connectivity index (χ2v) is 39.2. The summed E-state index contributed by atoms with van der Waals surface area (Å²) in [6, 6.07) is 183. The minimum atomic E-state index is -0.565. The number of anilines is 6. The van der Waals surface area contributed by atoms with Gasteiger partial charge in [0.2, 0.25) is 0 Å². The van der Waals surface area contributed by atoms with Crippen LogP contribution < -0.4 is 9.80 Å². The lowest BCUT2D eigenvalue weighted by molar-refractivity contribution is 0.660. The zero-order valence-corrected chi connectivity index (χ0v) is 78.6. The van der Waals surface area contributed by atoms with E-state index in [1.54, 1.807) is 0 Å². The molecule has 0 unspecified atom stereocenters. The molecule has 0 amide bonds. The van der Waals surface area contributed by atoms with Crippen LogP contribution in [0.5, 0.6) is 0 Å². The third-order valence-corrected chi connectivity index (χ3v) is 30.8. The Balaban J connectivity index is 0.000000149. The Hall–Kier alpha value is -17.7. The van der Waals surface area contributed by atoms with Gasteiger partial charge in [-0.15, -0.1) is 0 Å². The number of hydrogen-bond acceptors (Lipinski definition) is 4. The molecule has 4 nitrogen and oxygen atoms in total. The monoisotopic (exact) mass is 1830 g/mol. The van der Waals surface area contributed by atoms with Crippen LogP contribution >= 0.6 is 0 Å². The average molecular weight is 1830 g/mol. The number of rotatable bonds is 14. The van der Waals surface area contributed by atoms with Crippen LogP contribution in [0.4, 0.5) is 34.1 Å². The summed E-state index contributed by atoms with van der Waals surface area (Å²) in [6.07, 6.45) is 0. The van der Waals surface area contributed by atoms with Crippen LogP contribution in [0.1, 0.15) is 87.1 Å². The van der Waals surface area contributed by atoms with Crippen molar-refractivity contribution in [2.75, 3.05) is 9.80 Å². The smallest absolute Gasteiger partial charge is 0.136 e. The Bertz CT molecular complexity index is 8800. The summed E-state index contributed by atoms with van der Waals surface area (Å²) in [5, 5.41) is 6.93. The molecule has 0 atom stereocenters. The fraction of sp³-hybridized carbons (Fsp3) is 0.0647. The zero-order chi connectivity index (χ0) is 93.8. The standard InChI is InChI=1S/C73H47NO.C64H47NO.2CH4/c1-3-13-48(14-4-1)50-23-27-52(28-24-50)54-31-37-58(38-32-54)74(59-39-33-55(34-40-59)53-29-25-51(26-30-53)49-15-5-2-6-16-49)60-41-44-64-63-42-35-56(57-36-43-66-65-19-9-12-22-71(65)75-72(66)46-57)45-69(63)73(70(64)47-60)67-20-10-7-17-61(67)62-18-8-11-21-68(62)73;1-63(2)56-35-42(40-15-7-5-8-16-40)23-28-49(56)51-31-26-45(38-58(51)63)65(46-27-32-52-50-29-24-43(41-17-9-6-10-18-41)36-57(50)64(3,4)59(52)39-46)60-34-33-47(48-19-11-12-20-53(48)60)44-25-30-55-54-21-13-14-22-61(54)66-62(55)37-44;;/h1-47H;5-39H,1-4H3;2*1H4. The Morgan fingerprint density at radius 1 is 0.154 bits per heavy atom. The summed E-state index contributed by atoms with van der Waals surface area (Å²) >= 11 is 0. The van der Waals surface area contributed by atoms with Crippen LogP contribution in [0.3, 0.4) is 0 Å². The van der Waals surface area contributed by atoms with E-state index < -0.39 is 5.41 Å². The SMILES string of the molecule is C.C.CC1(C)c2cc(-c3ccccc3)ccc2-c2ccc(N(c3ccc4c(c3)C(C)(C)c3cc(-c5ccccc5)ccc3-4)c3ccc(-c4ccc5c(c4)oc4ccccc45)c4ccccc34)cc21.c1ccc(-c2ccc(-c3ccc(N(c4ccc(-c5ccc(-c6ccccc6)cc5)cc4)c4ccc5c(c4)C4(c6ccccc6-c6ccccc64)c4cc(-c6ccc7c(c6)oc6ccccc67)ccc4-5)cc3)cc2)cc1. The van der Waals surface area contributed by atoms with Gasteiger partial charge in [-0.25, -0.2) is 0 Å². The third-order valence-electron chi connectivity index (χ3n) is 30.8. The minimum Gasteiger partial charge on any atom is -0.456 e. The average Bonchev–Trinajstić information content (AvgIpc) is 1.50. The summed E-state index contributed by atoms with van der Waals surface area (Å²) in [5.74, 6) is 0. The largest absolute Gasteiger partial charge is 0.456 e. The Morgan fingerprint density at radius 2 is 0.406 bits per heavy atom. The lowest BCUT2D eigenvalue weighted by Crippen LogP contribution is -2.26. The van der Waals surface area contributed by atoms with Crippen molar-refractivity contribution in [3.63, 3.8) is 0 Å². The molecule has 0 saturated carbocycles. The van der Waals surface area contributed by atoms with E-state index in [-0.39, 0.29) is 25.7 Å². The minimum absolute atomic E-state index is 0. The molecule has 0 bridgehead atoms. The molecule has 2 heterocycles. The summed E-state index contributed by atoms with van der Waals surface area (Å²) < 4.78 is 12.9. The Labute approximate surface area is 835 Å². The molecule has 0 aliphatic heterocycles. The molecule has 0 radical (unpaired) electrons. The number of para-hydroxylation sites is 2. The van der Waals surface area contributed by atoms with Gasteiger partial charge >= 0.3 is 0 Å². The van der Waals surface area contributed by atoms with Crippen molar-refractivity contribution in [1.82, 2.24) is 0 Å². The molecule has 4 aliphatic rings. The number of furan rings is 2. The fourth-order valence-corrected chi connectivity index (χ4v) is 23.8. The van der Waals surface area contributed by atoms with Crippen LogP contribution in [-0.2, 0) is 16.2 Å². The van der Waals surface area contributed by atoms with Crippen molar-refractivity contribution < 1.29 is 8.83 Å². The van der Waals surface area contributed by atoms with Crippen LogP contribution in [0, 0.1) is 0 Å². The predicted octanol–water partition coefficient (Wildman–Crippen LogP) is 38.8. The maximum Gasteiger partial charge on any atom is 0.136 e. The van der Waals surface area contributed by atoms with E-state index in [4.69, 9.17) is 8.83 Å². The molecular weight excluding hydrogens is 1730 g/mol. The topological polar surface area (TPSA) is 32.8 Å². The molecule has 0 fully saturated rings. The van der Waals surface area contributed by atoms with Crippen molar-refractivity contribution >= 4 is 88.8 Å². The molecule has 28 rings (SSSR count). The number of nitrogens with zero attached hydrogens (tertiary/aromatic N) is 2. The van der Waals surface area contributed by atoms with Crippen LogP contribution in [-0.4, -0.2) is 0 Å². The van der Waals surface area contributed by atoms with E-state index in [1.807, 2.05) is 12.1 Å². The Kier molecular flexibility index (Phi) is 20.9. The van der Waals surface area contributed by atoms with Gasteiger partial charge in [-0.05, 0) is 305 Å². The maximum atomic E-state index is 6.44. The second kappa shape index (κ2) is 34.4. The first-order valence-corrected chi connectivity index (χ1v) is 49.0. The summed E-state index contributed by atoms with van der Waals surface area (Å²) in [4.78, 5) is 4.94. The molecule has 0 saturated heterocycles. The number of fused-ring (bicyclic) bond motifs is 23. The molecule has 0 N–H and O–H groups in total. The molecular formula is C139H102N2O2. The lowest BCUT2D eigenvalue weighted by atomic mass is 9.70. The molecule has 24 aromatic rings. The van der Waals surface area contributed by atoms with Gasteiger partial charge in [0.05, 0.1) is 11.1 Å². The number of hydrogen-bond donors (Lipinski definition) is 0. The van der Waals surface area contributed by atoms with Gasteiger partial charge in [-0.1, -0.05) is 419 Å². The van der Waals surface area contributed by atoms with Crippen LogP contribution in [0.25, 0.3) is 188 Å². The summed E-state index contributed by atoms with van der Waals surface area (Å²) in [6.45, 7) is 9.57. The highest BCUT2D eigenvalue weighted by atomic mass is 16.3. The molecule has 1 spiro atoms. The predicted molar refractivity (Wildman–Crippen MR) is 603 cm³/mol. The molecule has 4 aliphatic carbocycles. The van der Waals surface area contributed by atoms with Gasteiger partial charge in [-0.2, -0.15) is 0 Å². The Morgan fingerprint density at radius 3 is 0.839 bits per heavy atom. The van der Waals surface area contributed by atoms with E-state index in [2.05, 4.69) is 523 Å². The third kappa shape index (κ3) is 14.2. The highest BCUT2D eigenvalue weighted by Crippen LogP contribution is 2.65. The van der Waals surface area contributed by atoms with Gasteiger partial charge in [0.1, 0.15) is 22.3 Å². The van der Waals surface area contributed by atoms with E-state index in [1.165, 1.54) is 172 Å². The fourth-order valence-electron chi connectivity index (χ4n) is 23.8. The van der Waals surface area contributed by atoms with E-state index in [0.29, 0.717) is 0 Å². The highest BCUT2D eigenvalue weighted by Gasteiger charge is 2.52. The second-order valence-electron chi connectivity index (χ2n) is 39.2. The van der Waals surface area contributed by atoms with Gasteiger partial charge in [0, 0.05) is 66.2 Å². The molecule has 143 heavy (non-hydrogen) atoms. The first kappa shape index (κ1) is 86.9. The van der Waals surface area contributed by atoms with Crippen molar-refractivity contribution in [3.05, 3.63) is 542 Å². The van der Waals surface area contributed by atoms with Crippen LogP contribution in [0.15, 0.2) is 506 Å². The van der Waals surface area contributed by atoms with Gasteiger partial charge in [0.15, 0.2) is 0 Å². The molecule has 4 heteroatoms. The molecule has 22 aromatic carbocycles. The van der Waals surface area contributed by atoms with E-state index >= 15 is 0 Å². The van der Waals surface area contributed by atoms with Gasteiger partial charge in [-0.3, -0.25) is 0 Å². The first-order valence-electron chi connectivity index (χ1n) is 49.0. The quantitative estimate of drug-likeness (QED) is 0.109. The van der Waals surface area contributed by atoms with Crippen molar-refractivity contribution in [2.24, 2.45) is 0 Å². The zero-order valence-electron chi connectivity index (χ0n) is 78.6. The van der Waals surface area contributed by atoms with Crippen molar-refractivity contribution in [1.29, 1.82) is 0 Å². The summed E-state index contributed by atoms with van der Waals surface area (Å²) in [7, 11) is 0. The van der Waals surface area contributed by atoms with Crippen LogP contribution in [0.2, 0.25) is 0 Å². The van der Waals surface area contributed by atoms with Gasteiger partial charge in [0.25, 0.3) is 0 Å². The lowest BCUT2D eigenvalue weighted by Gasteiger charge is -2.32.